The van der Waals surface area contributed by atoms with E-state index in [1.165, 1.54) is 12.1 Å². The van der Waals surface area contributed by atoms with Gasteiger partial charge in [-0.2, -0.15) is 0 Å². The van der Waals surface area contributed by atoms with Crippen LogP contribution in [0.3, 0.4) is 0 Å². The average Bonchev–Trinajstić information content (AvgIpc) is 2.36. The number of carbonyl (C=O) groups excluding carboxylic acids is 1. The van der Waals surface area contributed by atoms with Crippen molar-refractivity contribution >= 4 is 11.9 Å². The highest BCUT2D eigenvalue weighted by atomic mass is 16.6. The average molecular weight is 254 g/mol. The predicted molar refractivity (Wildman–Crippen MR) is 60.7 cm³/mol. The fourth-order valence-corrected chi connectivity index (χ4v) is 1.24. The summed E-state index contributed by atoms with van der Waals surface area (Å²) >= 11 is 0. The smallest absolute Gasteiger partial charge is 0.340 e. The lowest BCUT2D eigenvalue weighted by Crippen LogP contribution is -2.31. The van der Waals surface area contributed by atoms with Crippen molar-refractivity contribution in [2.45, 2.75) is 25.2 Å². The van der Waals surface area contributed by atoms with Gasteiger partial charge in [0.15, 0.2) is 0 Å². The molecule has 0 fully saturated rings. The molecule has 0 aliphatic carbocycles. The predicted octanol–water partition coefficient (Wildman–Crippen LogP) is 0.388. The molecule has 3 N–H and O–H groups in total. The molecule has 0 saturated carbocycles. The van der Waals surface area contributed by atoms with Gasteiger partial charge < -0.3 is 20.1 Å². The van der Waals surface area contributed by atoms with Gasteiger partial charge in [0.2, 0.25) is 6.29 Å². The number of carboxylic acid groups (broad SMARTS) is 1. The standard InChI is InChI=1S/C12H14O6/c13-9(6-7-10(14)15)12(17)18-11(16)8-4-2-1-3-5-8/h1-5,9,12-13,17H,6-7H2,(H,14,15). The van der Waals surface area contributed by atoms with Crippen molar-refractivity contribution in [2.24, 2.45) is 0 Å². The van der Waals surface area contributed by atoms with E-state index in [0.29, 0.717) is 0 Å². The zero-order valence-electron chi connectivity index (χ0n) is 9.52. The van der Waals surface area contributed by atoms with Crippen molar-refractivity contribution in [1.29, 1.82) is 0 Å². The molecule has 2 unspecified atom stereocenters. The summed E-state index contributed by atoms with van der Waals surface area (Å²) in [6, 6.07) is 7.97. The molecule has 0 heterocycles. The summed E-state index contributed by atoms with van der Waals surface area (Å²) in [4.78, 5) is 21.8. The van der Waals surface area contributed by atoms with E-state index in [0.717, 1.165) is 0 Å². The van der Waals surface area contributed by atoms with Gasteiger partial charge in [-0.05, 0) is 18.6 Å². The third-order valence-corrected chi connectivity index (χ3v) is 2.22. The Kier molecular flexibility index (Phi) is 5.29. The molecule has 0 amide bonds. The van der Waals surface area contributed by atoms with Gasteiger partial charge in [-0.1, -0.05) is 18.2 Å². The summed E-state index contributed by atoms with van der Waals surface area (Å²) in [5.41, 5.74) is 0.238. The summed E-state index contributed by atoms with van der Waals surface area (Å²) in [5, 5.41) is 27.2. The SMILES string of the molecule is O=C(O)CCC(O)C(O)OC(=O)c1ccccc1. The number of hydrogen-bond donors (Lipinski definition) is 3. The Morgan fingerprint density at radius 3 is 2.33 bits per heavy atom. The molecule has 0 radical (unpaired) electrons. The van der Waals surface area contributed by atoms with Crippen LogP contribution in [0.5, 0.6) is 0 Å². The van der Waals surface area contributed by atoms with Crippen LogP contribution >= 0.6 is 0 Å². The summed E-state index contributed by atoms with van der Waals surface area (Å²) in [6.07, 6.45) is -3.68. The van der Waals surface area contributed by atoms with Crippen molar-refractivity contribution < 1.29 is 29.6 Å². The topological polar surface area (TPSA) is 104 Å². The molecular weight excluding hydrogens is 240 g/mol. The highest BCUT2D eigenvalue weighted by molar-refractivity contribution is 5.89. The van der Waals surface area contributed by atoms with E-state index in [9.17, 15) is 19.8 Å². The highest BCUT2D eigenvalue weighted by Gasteiger charge is 2.21. The number of aliphatic carboxylic acids is 1. The molecule has 18 heavy (non-hydrogen) atoms. The normalized spacial score (nSPS) is 13.7. The number of aliphatic hydroxyl groups excluding tert-OH is 2. The Hall–Kier alpha value is -1.92. The summed E-state index contributed by atoms with van der Waals surface area (Å²) in [6.45, 7) is 0. The molecule has 98 valence electrons. The molecule has 1 aromatic rings. The lowest BCUT2D eigenvalue weighted by atomic mass is 10.2. The minimum absolute atomic E-state index is 0.196. The number of rotatable bonds is 6. The van der Waals surface area contributed by atoms with Gasteiger partial charge in [0.25, 0.3) is 0 Å². The molecule has 0 aliphatic rings. The maximum atomic E-state index is 11.5. The molecule has 0 aromatic heterocycles. The Bertz CT molecular complexity index is 402. The molecule has 2 atom stereocenters. The molecule has 0 bridgehead atoms. The second-order valence-electron chi connectivity index (χ2n) is 3.66. The van der Waals surface area contributed by atoms with Crippen molar-refractivity contribution in [3.05, 3.63) is 35.9 Å². The fraction of sp³-hybridized carbons (Fsp3) is 0.333. The van der Waals surface area contributed by atoms with Crippen LogP contribution in [0, 0.1) is 0 Å². The maximum absolute atomic E-state index is 11.5. The summed E-state index contributed by atoms with van der Waals surface area (Å²) in [7, 11) is 0. The van der Waals surface area contributed by atoms with Gasteiger partial charge in [-0.25, -0.2) is 4.79 Å². The number of carbonyl (C=O) groups is 2. The molecular formula is C12H14O6. The van der Waals surface area contributed by atoms with Crippen LogP contribution in [0.4, 0.5) is 0 Å². The van der Waals surface area contributed by atoms with E-state index in [4.69, 9.17) is 5.11 Å². The molecule has 6 heteroatoms. The maximum Gasteiger partial charge on any atom is 0.340 e. The van der Waals surface area contributed by atoms with Crippen LogP contribution in [-0.4, -0.2) is 39.7 Å². The van der Waals surface area contributed by atoms with Crippen LogP contribution < -0.4 is 0 Å². The van der Waals surface area contributed by atoms with Gasteiger partial charge in [-0.3, -0.25) is 4.79 Å². The van der Waals surface area contributed by atoms with Crippen LogP contribution in [0.15, 0.2) is 30.3 Å². The Morgan fingerprint density at radius 2 is 1.78 bits per heavy atom. The number of ether oxygens (including phenoxy) is 1. The minimum Gasteiger partial charge on any atom is -0.481 e. The molecule has 1 aromatic carbocycles. The van der Waals surface area contributed by atoms with Gasteiger partial charge in [-0.15, -0.1) is 0 Å². The van der Waals surface area contributed by atoms with Crippen LogP contribution in [0.2, 0.25) is 0 Å². The number of esters is 1. The first-order valence-electron chi connectivity index (χ1n) is 5.34. The second-order valence-corrected chi connectivity index (χ2v) is 3.66. The van der Waals surface area contributed by atoms with Gasteiger partial charge in [0, 0.05) is 6.42 Å². The third-order valence-electron chi connectivity index (χ3n) is 2.22. The fourth-order valence-electron chi connectivity index (χ4n) is 1.24. The van der Waals surface area contributed by atoms with E-state index in [-0.39, 0.29) is 18.4 Å². The van der Waals surface area contributed by atoms with Gasteiger partial charge in [0.1, 0.15) is 6.10 Å². The van der Waals surface area contributed by atoms with E-state index >= 15 is 0 Å². The van der Waals surface area contributed by atoms with Crippen molar-refractivity contribution in [3.63, 3.8) is 0 Å². The van der Waals surface area contributed by atoms with E-state index < -0.39 is 24.3 Å². The second kappa shape index (κ2) is 6.73. The monoisotopic (exact) mass is 254 g/mol. The third kappa shape index (κ3) is 4.52. The number of aliphatic hydroxyl groups is 2. The lowest BCUT2D eigenvalue weighted by Gasteiger charge is -2.17. The zero-order valence-corrected chi connectivity index (χ0v) is 9.52. The lowest BCUT2D eigenvalue weighted by molar-refractivity contribution is -0.144. The van der Waals surface area contributed by atoms with Gasteiger partial charge >= 0.3 is 11.9 Å². The molecule has 1 rings (SSSR count). The summed E-state index contributed by atoms with van der Waals surface area (Å²) < 4.78 is 4.60. The first-order chi connectivity index (χ1) is 8.50. The first-order valence-corrected chi connectivity index (χ1v) is 5.34. The molecule has 0 spiro atoms. The molecule has 6 nitrogen and oxygen atoms in total. The minimum atomic E-state index is -1.74. The van der Waals surface area contributed by atoms with Crippen molar-refractivity contribution in [3.8, 4) is 0 Å². The van der Waals surface area contributed by atoms with E-state index in [1.807, 2.05) is 0 Å². The number of hydrogen-bond acceptors (Lipinski definition) is 5. The van der Waals surface area contributed by atoms with Crippen LogP contribution in [0.1, 0.15) is 23.2 Å². The Labute approximate surface area is 103 Å². The van der Waals surface area contributed by atoms with Gasteiger partial charge in [0.05, 0.1) is 5.56 Å². The van der Waals surface area contributed by atoms with E-state index in [1.54, 1.807) is 18.2 Å². The highest BCUT2D eigenvalue weighted by Crippen LogP contribution is 2.08. The first kappa shape index (κ1) is 14.1. The molecule has 0 aliphatic heterocycles. The largest absolute Gasteiger partial charge is 0.481 e. The van der Waals surface area contributed by atoms with E-state index in [2.05, 4.69) is 4.74 Å². The van der Waals surface area contributed by atoms with Crippen molar-refractivity contribution in [1.82, 2.24) is 0 Å². The summed E-state index contributed by atoms with van der Waals surface area (Å²) in [5.74, 6) is -1.88. The van der Waals surface area contributed by atoms with Crippen molar-refractivity contribution in [2.75, 3.05) is 0 Å². The quantitative estimate of drug-likeness (QED) is 0.501. The van der Waals surface area contributed by atoms with Crippen LogP contribution in [0.25, 0.3) is 0 Å². The number of carboxylic acids is 1. The molecule has 0 saturated heterocycles. The zero-order chi connectivity index (χ0) is 13.5. The number of benzene rings is 1. The van der Waals surface area contributed by atoms with Crippen LogP contribution in [-0.2, 0) is 9.53 Å². The Morgan fingerprint density at radius 1 is 1.17 bits per heavy atom. The Balaban J connectivity index is 2.46.